The van der Waals surface area contributed by atoms with Gasteiger partial charge in [0.1, 0.15) is 5.76 Å². The summed E-state index contributed by atoms with van der Waals surface area (Å²) < 4.78 is 0. The molecule has 0 spiro atoms. The van der Waals surface area contributed by atoms with Crippen LogP contribution in [0.5, 0.6) is 0 Å². The van der Waals surface area contributed by atoms with Crippen LogP contribution < -0.4 is 0 Å². The number of rotatable bonds is 6. The molecule has 0 saturated carbocycles. The van der Waals surface area contributed by atoms with Crippen LogP contribution in [0.15, 0.2) is 41.5 Å². The number of hydrogen-bond donors (Lipinski definition) is 1. The van der Waals surface area contributed by atoms with E-state index in [9.17, 15) is 14.7 Å². The lowest BCUT2D eigenvalue weighted by molar-refractivity contribution is -0.112. The number of ketones is 2. The minimum absolute atomic E-state index is 0.0262. The van der Waals surface area contributed by atoms with Crippen molar-refractivity contribution in [1.29, 1.82) is 0 Å². The highest BCUT2D eigenvalue weighted by molar-refractivity contribution is 6.52. The largest absolute Gasteiger partial charge is 0.507 e. The fraction of sp³-hybridized carbons (Fsp3) is 0.400. The molecule has 1 atom stereocenters. The van der Waals surface area contributed by atoms with Gasteiger partial charge in [-0.1, -0.05) is 42.8 Å². The molecule has 122 valence electrons. The Kier molecular flexibility index (Phi) is 5.54. The Morgan fingerprint density at radius 2 is 1.74 bits per heavy atom. The van der Waals surface area contributed by atoms with Gasteiger partial charge in [0.15, 0.2) is 0 Å². The number of allylic oxidation sites excluding steroid dienone is 3. The van der Waals surface area contributed by atoms with Crippen LogP contribution in [0.3, 0.4) is 0 Å². The highest BCUT2D eigenvalue weighted by Crippen LogP contribution is 2.31. The molecule has 1 aliphatic carbocycles. The van der Waals surface area contributed by atoms with Gasteiger partial charge in [0.05, 0.1) is 0 Å². The molecule has 1 aliphatic rings. The molecule has 0 radical (unpaired) electrons. The van der Waals surface area contributed by atoms with Gasteiger partial charge < -0.3 is 5.11 Å². The molecule has 2 rings (SSSR count). The third-order valence-corrected chi connectivity index (χ3v) is 4.29. The molecule has 23 heavy (non-hydrogen) atoms. The lowest BCUT2D eigenvalue weighted by Crippen LogP contribution is -2.24. The van der Waals surface area contributed by atoms with Gasteiger partial charge in [-0.25, -0.2) is 0 Å². The van der Waals surface area contributed by atoms with Crippen LogP contribution in [0.1, 0.15) is 62.4 Å². The maximum atomic E-state index is 12.2. The maximum absolute atomic E-state index is 12.2. The molecule has 0 heterocycles. The van der Waals surface area contributed by atoms with Crippen LogP contribution in [-0.4, -0.2) is 16.7 Å². The Hall–Kier alpha value is -2.16. The van der Waals surface area contributed by atoms with Gasteiger partial charge in [-0.05, 0) is 45.4 Å². The van der Waals surface area contributed by atoms with E-state index in [1.54, 1.807) is 24.3 Å². The Balaban J connectivity index is 2.09. The average Bonchev–Trinajstić information content (AvgIpc) is 2.52. The minimum Gasteiger partial charge on any atom is -0.507 e. The quantitative estimate of drug-likeness (QED) is 0.601. The summed E-state index contributed by atoms with van der Waals surface area (Å²) in [5.41, 5.74) is 2.35. The topological polar surface area (TPSA) is 54.4 Å². The summed E-state index contributed by atoms with van der Waals surface area (Å²) in [6, 6.07) is 6.74. The number of aliphatic hydroxyl groups excluding tert-OH is 1. The number of hydrogen-bond acceptors (Lipinski definition) is 3. The lowest BCUT2D eigenvalue weighted by Gasteiger charge is -2.19. The van der Waals surface area contributed by atoms with E-state index in [-0.39, 0.29) is 11.3 Å². The zero-order valence-corrected chi connectivity index (χ0v) is 14.1. The SMILES string of the molecule is CC(C)=CCC[C@H](C)CCC1=C(O)c2ccccc2C(=O)C1=O. The molecule has 0 unspecified atom stereocenters. The predicted molar refractivity (Wildman–Crippen MR) is 92.4 cm³/mol. The third-order valence-electron chi connectivity index (χ3n) is 4.29. The molecule has 3 nitrogen and oxygen atoms in total. The van der Waals surface area contributed by atoms with E-state index < -0.39 is 11.6 Å². The van der Waals surface area contributed by atoms with Crippen molar-refractivity contribution in [2.75, 3.05) is 0 Å². The first-order valence-corrected chi connectivity index (χ1v) is 8.15. The summed E-state index contributed by atoms with van der Waals surface area (Å²) in [5.74, 6) is -0.657. The van der Waals surface area contributed by atoms with Crippen LogP contribution in [0.4, 0.5) is 0 Å². The Labute approximate surface area is 137 Å². The second-order valence-electron chi connectivity index (χ2n) is 6.53. The summed E-state index contributed by atoms with van der Waals surface area (Å²) in [4.78, 5) is 24.4. The molecule has 0 aromatic heterocycles. The van der Waals surface area contributed by atoms with Crippen molar-refractivity contribution >= 4 is 17.3 Å². The number of carbonyl (C=O) groups excluding carboxylic acids is 2. The predicted octanol–water partition coefficient (Wildman–Crippen LogP) is 4.88. The average molecular weight is 312 g/mol. The van der Waals surface area contributed by atoms with Crippen molar-refractivity contribution in [2.45, 2.75) is 46.5 Å². The van der Waals surface area contributed by atoms with Gasteiger partial charge >= 0.3 is 0 Å². The van der Waals surface area contributed by atoms with Crippen LogP contribution in [0.2, 0.25) is 0 Å². The Morgan fingerprint density at radius 1 is 1.09 bits per heavy atom. The van der Waals surface area contributed by atoms with Gasteiger partial charge in [0.2, 0.25) is 11.6 Å². The highest BCUT2D eigenvalue weighted by Gasteiger charge is 2.32. The molecular formula is C20H24O3. The van der Waals surface area contributed by atoms with Crippen molar-refractivity contribution < 1.29 is 14.7 Å². The van der Waals surface area contributed by atoms with E-state index in [1.165, 1.54) is 5.57 Å². The second-order valence-corrected chi connectivity index (χ2v) is 6.53. The zero-order valence-electron chi connectivity index (χ0n) is 14.1. The summed E-state index contributed by atoms with van der Waals surface area (Å²) in [6.45, 7) is 6.30. The molecule has 0 saturated heterocycles. The summed E-state index contributed by atoms with van der Waals surface area (Å²) in [6.07, 6.45) is 5.50. The fourth-order valence-corrected chi connectivity index (χ4v) is 2.84. The summed E-state index contributed by atoms with van der Waals surface area (Å²) in [7, 11) is 0. The molecular weight excluding hydrogens is 288 g/mol. The van der Waals surface area contributed by atoms with Crippen molar-refractivity contribution in [3.8, 4) is 0 Å². The standard InChI is InChI=1S/C20H24O3/c1-13(2)7-6-8-14(3)11-12-17-18(21)15-9-4-5-10-16(15)19(22)20(17)23/h4-5,7,9-10,14,21H,6,8,11-12H2,1-3H3/t14-/m0/s1. The van der Waals surface area contributed by atoms with E-state index in [1.807, 2.05) is 0 Å². The Bertz CT molecular complexity index is 676. The molecule has 1 N–H and O–H groups in total. The van der Waals surface area contributed by atoms with Gasteiger partial charge in [0, 0.05) is 16.7 Å². The van der Waals surface area contributed by atoms with Crippen molar-refractivity contribution in [2.24, 2.45) is 5.92 Å². The van der Waals surface area contributed by atoms with E-state index >= 15 is 0 Å². The number of benzene rings is 1. The van der Waals surface area contributed by atoms with Crippen LogP contribution in [-0.2, 0) is 4.79 Å². The van der Waals surface area contributed by atoms with Crippen LogP contribution in [0, 0.1) is 5.92 Å². The molecule has 0 amide bonds. The summed E-state index contributed by atoms with van der Waals surface area (Å²) in [5, 5.41) is 10.4. The van der Waals surface area contributed by atoms with Crippen LogP contribution >= 0.6 is 0 Å². The van der Waals surface area contributed by atoms with Gasteiger partial charge in [0.25, 0.3) is 0 Å². The smallest absolute Gasteiger partial charge is 0.234 e. The van der Waals surface area contributed by atoms with Crippen LogP contribution in [0.25, 0.3) is 5.76 Å². The molecule has 1 aromatic carbocycles. The normalized spacial score (nSPS) is 15.4. The second kappa shape index (κ2) is 7.40. The summed E-state index contributed by atoms with van der Waals surface area (Å²) >= 11 is 0. The first-order valence-electron chi connectivity index (χ1n) is 8.15. The number of Topliss-reactive ketones (excluding diaryl/α,β-unsaturated/α-hetero) is 2. The van der Waals surface area contributed by atoms with Crippen molar-refractivity contribution in [3.63, 3.8) is 0 Å². The number of carbonyl (C=O) groups is 2. The number of aliphatic hydroxyl groups is 1. The minimum atomic E-state index is -0.558. The van der Waals surface area contributed by atoms with E-state index in [4.69, 9.17) is 0 Å². The highest BCUT2D eigenvalue weighted by atomic mass is 16.3. The fourth-order valence-electron chi connectivity index (χ4n) is 2.84. The van der Waals surface area contributed by atoms with Crippen molar-refractivity contribution in [1.82, 2.24) is 0 Å². The Morgan fingerprint density at radius 3 is 2.39 bits per heavy atom. The van der Waals surface area contributed by atoms with Gasteiger partial charge in [-0.2, -0.15) is 0 Å². The lowest BCUT2D eigenvalue weighted by atomic mass is 9.85. The van der Waals surface area contributed by atoms with Crippen molar-refractivity contribution in [3.05, 3.63) is 52.6 Å². The molecule has 0 bridgehead atoms. The first-order chi connectivity index (χ1) is 10.9. The van der Waals surface area contributed by atoms with E-state index in [0.29, 0.717) is 23.5 Å². The molecule has 0 fully saturated rings. The molecule has 3 heteroatoms. The molecule has 0 aliphatic heterocycles. The monoisotopic (exact) mass is 312 g/mol. The maximum Gasteiger partial charge on any atom is 0.234 e. The third kappa shape index (κ3) is 3.98. The number of fused-ring (bicyclic) bond motifs is 1. The van der Waals surface area contributed by atoms with E-state index in [0.717, 1.165) is 19.3 Å². The van der Waals surface area contributed by atoms with E-state index in [2.05, 4.69) is 26.8 Å². The first kappa shape index (κ1) is 17.2. The van der Waals surface area contributed by atoms with Gasteiger partial charge in [-0.3, -0.25) is 9.59 Å². The van der Waals surface area contributed by atoms with Gasteiger partial charge in [-0.15, -0.1) is 0 Å². The zero-order chi connectivity index (χ0) is 17.0. The molecule has 1 aromatic rings.